The number of benzene rings is 1. The van der Waals surface area contributed by atoms with E-state index in [0.717, 1.165) is 31.2 Å². The Kier molecular flexibility index (Phi) is 8.04. The summed E-state index contributed by atoms with van der Waals surface area (Å²) in [7, 11) is 0. The Balaban J connectivity index is 0.00000162. The number of hydrogen-bond acceptors (Lipinski definition) is 2. The van der Waals surface area contributed by atoms with Crippen LogP contribution in [-0.4, -0.2) is 11.6 Å². The van der Waals surface area contributed by atoms with E-state index in [9.17, 15) is 0 Å². The van der Waals surface area contributed by atoms with E-state index in [1.165, 1.54) is 6.42 Å². The fourth-order valence-electron chi connectivity index (χ4n) is 2.53. The molecule has 1 aromatic carbocycles. The maximum Gasteiger partial charge on any atom is 0.0453 e. The Morgan fingerprint density at radius 1 is 1.21 bits per heavy atom. The molecule has 2 rings (SSSR count). The van der Waals surface area contributed by atoms with Gasteiger partial charge in [0.2, 0.25) is 0 Å². The molecule has 1 aromatic rings. The van der Waals surface area contributed by atoms with E-state index in [-0.39, 0.29) is 36.4 Å². The van der Waals surface area contributed by atoms with Gasteiger partial charge in [-0.2, -0.15) is 0 Å². The monoisotopic (exact) mass is 344 g/mol. The third kappa shape index (κ3) is 4.66. The SMILES string of the molecule is Cl.Cl.NC1CCCCC1(N)Cc1ccc(Cl)cc1Cl. The average Bonchev–Trinajstić information content (AvgIpc) is 2.27. The first-order chi connectivity index (χ1) is 8.01. The van der Waals surface area contributed by atoms with Gasteiger partial charge < -0.3 is 11.5 Å². The van der Waals surface area contributed by atoms with Crippen molar-refractivity contribution in [1.29, 1.82) is 0 Å². The van der Waals surface area contributed by atoms with Crippen LogP contribution in [0, 0.1) is 0 Å². The minimum atomic E-state index is -0.324. The summed E-state index contributed by atoms with van der Waals surface area (Å²) in [6.45, 7) is 0. The molecule has 0 heterocycles. The average molecular weight is 346 g/mol. The number of nitrogens with two attached hydrogens (primary N) is 2. The normalized spacial score (nSPS) is 26.2. The first-order valence-corrected chi connectivity index (χ1v) is 6.75. The van der Waals surface area contributed by atoms with Crippen LogP contribution in [0.15, 0.2) is 18.2 Å². The van der Waals surface area contributed by atoms with Gasteiger partial charge in [0.15, 0.2) is 0 Å². The quantitative estimate of drug-likeness (QED) is 0.851. The van der Waals surface area contributed by atoms with Crippen molar-refractivity contribution < 1.29 is 0 Å². The van der Waals surface area contributed by atoms with Crippen molar-refractivity contribution in [3.05, 3.63) is 33.8 Å². The van der Waals surface area contributed by atoms with E-state index in [0.29, 0.717) is 10.0 Å². The molecule has 0 bridgehead atoms. The molecule has 2 nitrogen and oxygen atoms in total. The second kappa shape index (κ2) is 7.92. The minimum absolute atomic E-state index is 0. The molecule has 0 radical (unpaired) electrons. The summed E-state index contributed by atoms with van der Waals surface area (Å²) in [4.78, 5) is 0. The zero-order chi connectivity index (χ0) is 12.5. The molecule has 0 aliphatic heterocycles. The van der Waals surface area contributed by atoms with Crippen molar-refractivity contribution in [3.8, 4) is 0 Å². The Hall–Kier alpha value is 0.300. The van der Waals surface area contributed by atoms with E-state index < -0.39 is 0 Å². The fourth-order valence-corrected chi connectivity index (χ4v) is 3.01. The predicted octanol–water partition coefficient (Wildman–Crippen LogP) is 3.98. The molecule has 0 amide bonds. The summed E-state index contributed by atoms with van der Waals surface area (Å²) in [5, 5.41) is 1.33. The van der Waals surface area contributed by atoms with Crippen LogP contribution < -0.4 is 11.5 Å². The molecule has 0 spiro atoms. The highest BCUT2D eigenvalue weighted by Gasteiger charge is 2.35. The molecule has 2 atom stereocenters. The highest BCUT2D eigenvalue weighted by molar-refractivity contribution is 6.35. The number of rotatable bonds is 2. The number of hydrogen-bond donors (Lipinski definition) is 2. The molecule has 110 valence electrons. The topological polar surface area (TPSA) is 52.0 Å². The van der Waals surface area contributed by atoms with Crippen LogP contribution in [0.2, 0.25) is 10.0 Å². The standard InChI is InChI=1S/C13H18Cl2N2.2ClH/c14-10-5-4-9(11(15)7-10)8-13(17)6-2-1-3-12(13)16;;/h4-5,7,12H,1-3,6,8,16-17H2;2*1H. The maximum absolute atomic E-state index is 6.42. The molecule has 1 aliphatic carbocycles. The van der Waals surface area contributed by atoms with Gasteiger partial charge >= 0.3 is 0 Å². The Labute approximate surface area is 137 Å². The van der Waals surface area contributed by atoms with E-state index in [2.05, 4.69) is 0 Å². The van der Waals surface area contributed by atoms with Gasteiger partial charge in [-0.25, -0.2) is 0 Å². The summed E-state index contributed by atoms with van der Waals surface area (Å²) in [5.41, 5.74) is 13.3. The summed E-state index contributed by atoms with van der Waals surface area (Å²) in [6.07, 6.45) is 5.02. The lowest BCUT2D eigenvalue weighted by Gasteiger charge is -2.39. The van der Waals surface area contributed by atoms with Gasteiger partial charge in [-0.3, -0.25) is 0 Å². The van der Waals surface area contributed by atoms with Gasteiger partial charge in [0.25, 0.3) is 0 Å². The lowest BCUT2D eigenvalue weighted by atomic mass is 9.75. The van der Waals surface area contributed by atoms with Gasteiger partial charge in [0.05, 0.1) is 0 Å². The molecular formula is C13H20Cl4N2. The van der Waals surface area contributed by atoms with Crippen LogP contribution in [0.4, 0.5) is 0 Å². The van der Waals surface area contributed by atoms with Crippen LogP contribution >= 0.6 is 48.0 Å². The Bertz CT molecular complexity index is 414. The predicted molar refractivity (Wildman–Crippen MR) is 88.0 cm³/mol. The lowest BCUT2D eigenvalue weighted by Crippen LogP contribution is -2.58. The summed E-state index contributed by atoms with van der Waals surface area (Å²) in [5.74, 6) is 0. The molecule has 2 unspecified atom stereocenters. The zero-order valence-corrected chi connectivity index (χ0v) is 13.7. The van der Waals surface area contributed by atoms with Crippen LogP contribution in [0.3, 0.4) is 0 Å². The lowest BCUT2D eigenvalue weighted by molar-refractivity contribution is 0.251. The number of halogens is 4. The van der Waals surface area contributed by atoms with E-state index in [1.54, 1.807) is 6.07 Å². The van der Waals surface area contributed by atoms with E-state index in [1.807, 2.05) is 12.1 Å². The third-order valence-electron chi connectivity index (χ3n) is 3.68. The second-order valence-corrected chi connectivity index (χ2v) is 5.84. The van der Waals surface area contributed by atoms with Crippen LogP contribution in [0.1, 0.15) is 31.2 Å². The minimum Gasteiger partial charge on any atom is -0.326 e. The molecule has 19 heavy (non-hydrogen) atoms. The summed E-state index contributed by atoms with van der Waals surface area (Å²) < 4.78 is 0. The van der Waals surface area contributed by atoms with Crippen molar-refractivity contribution in [3.63, 3.8) is 0 Å². The van der Waals surface area contributed by atoms with Gasteiger partial charge in [-0.05, 0) is 37.0 Å². The van der Waals surface area contributed by atoms with E-state index in [4.69, 9.17) is 34.7 Å². The smallest absolute Gasteiger partial charge is 0.0453 e. The van der Waals surface area contributed by atoms with Gasteiger partial charge in [-0.1, -0.05) is 42.1 Å². The first-order valence-electron chi connectivity index (χ1n) is 6.00. The van der Waals surface area contributed by atoms with Crippen molar-refractivity contribution >= 4 is 48.0 Å². The van der Waals surface area contributed by atoms with Crippen molar-refractivity contribution in [1.82, 2.24) is 0 Å². The second-order valence-electron chi connectivity index (χ2n) is 5.00. The molecule has 1 aliphatic rings. The molecule has 6 heteroatoms. The maximum atomic E-state index is 6.42. The molecule has 1 saturated carbocycles. The van der Waals surface area contributed by atoms with Crippen molar-refractivity contribution in [2.24, 2.45) is 11.5 Å². The molecular weight excluding hydrogens is 326 g/mol. The first kappa shape index (κ1) is 19.3. The highest BCUT2D eigenvalue weighted by Crippen LogP contribution is 2.31. The summed E-state index contributed by atoms with van der Waals surface area (Å²) in [6, 6.07) is 5.61. The van der Waals surface area contributed by atoms with Crippen LogP contribution in [0.25, 0.3) is 0 Å². The summed E-state index contributed by atoms with van der Waals surface area (Å²) >= 11 is 12.1. The van der Waals surface area contributed by atoms with Crippen molar-refractivity contribution in [2.75, 3.05) is 0 Å². The molecule has 0 saturated heterocycles. The Morgan fingerprint density at radius 3 is 2.47 bits per heavy atom. The van der Waals surface area contributed by atoms with Gasteiger partial charge in [0, 0.05) is 21.6 Å². The van der Waals surface area contributed by atoms with Gasteiger partial charge in [0.1, 0.15) is 0 Å². The molecule has 0 aromatic heterocycles. The fraction of sp³-hybridized carbons (Fsp3) is 0.538. The zero-order valence-electron chi connectivity index (χ0n) is 10.6. The molecule has 1 fully saturated rings. The Morgan fingerprint density at radius 2 is 1.89 bits per heavy atom. The van der Waals surface area contributed by atoms with Crippen LogP contribution in [0.5, 0.6) is 0 Å². The van der Waals surface area contributed by atoms with E-state index >= 15 is 0 Å². The largest absolute Gasteiger partial charge is 0.326 e. The third-order valence-corrected chi connectivity index (χ3v) is 4.27. The van der Waals surface area contributed by atoms with Crippen LogP contribution in [-0.2, 0) is 6.42 Å². The van der Waals surface area contributed by atoms with Gasteiger partial charge in [-0.15, -0.1) is 24.8 Å². The highest BCUT2D eigenvalue weighted by atomic mass is 35.5. The molecule has 4 N–H and O–H groups in total. The van der Waals surface area contributed by atoms with Crippen molar-refractivity contribution in [2.45, 2.75) is 43.7 Å².